The predicted octanol–water partition coefficient (Wildman–Crippen LogP) is 1.86. The Labute approximate surface area is 156 Å². The molecule has 1 heterocycles. The Morgan fingerprint density at radius 3 is 2.64 bits per heavy atom. The van der Waals surface area contributed by atoms with Crippen LogP contribution in [0.5, 0.6) is 5.75 Å². The molecule has 0 saturated carbocycles. The minimum absolute atomic E-state index is 0.288. The van der Waals surface area contributed by atoms with Crippen LogP contribution in [-0.4, -0.2) is 37.1 Å². The van der Waals surface area contributed by atoms with E-state index in [-0.39, 0.29) is 6.04 Å². The van der Waals surface area contributed by atoms with Gasteiger partial charge in [0.15, 0.2) is 5.11 Å². The number of nitrogens with one attached hydrogen (secondary N) is 3. The second-order valence-electron chi connectivity index (χ2n) is 6.95. The number of hydrazone groups is 1. The molecule has 1 aromatic carbocycles. The Bertz CT molecular complexity index is 609. The molecule has 1 aliphatic rings. The molecule has 0 spiro atoms. The topological polar surface area (TPSA) is 50.1 Å². The van der Waals surface area contributed by atoms with Crippen molar-refractivity contribution in [2.75, 3.05) is 20.2 Å². The number of methoxy groups -OCH3 is 1. The van der Waals surface area contributed by atoms with Gasteiger partial charge in [-0.15, -0.1) is 0 Å². The molecule has 2 rings (SSSR count). The van der Waals surface area contributed by atoms with E-state index in [4.69, 9.17) is 17.0 Å². The van der Waals surface area contributed by atoms with Crippen molar-refractivity contribution >= 4 is 23.0 Å². The quantitative estimate of drug-likeness (QED) is 0.410. The van der Waals surface area contributed by atoms with Crippen LogP contribution in [0.2, 0.25) is 0 Å². The average Bonchev–Trinajstić information content (AvgIpc) is 2.60. The first-order chi connectivity index (χ1) is 12.0. The van der Waals surface area contributed by atoms with Gasteiger partial charge in [0.25, 0.3) is 0 Å². The van der Waals surface area contributed by atoms with Gasteiger partial charge in [-0.25, -0.2) is 0 Å². The van der Waals surface area contributed by atoms with E-state index in [0.717, 1.165) is 23.6 Å². The standard InChI is InChI=1S/C19H30N4OS/c1-14(2)20-19(25)22-21-15(3)16-8-9-18(24-4)17(12-16)13-23-10-6-5-7-11-23/h8-9,12,14H,5-7,10-11,13H2,1-4H3,(H2,20,22,25)/p+1/b21-15-. The molecule has 1 saturated heterocycles. The minimum atomic E-state index is 0.288. The second-order valence-corrected chi connectivity index (χ2v) is 7.36. The molecule has 1 aliphatic heterocycles. The predicted molar refractivity (Wildman–Crippen MR) is 107 cm³/mol. The average molecular weight is 364 g/mol. The molecule has 5 nitrogen and oxygen atoms in total. The molecule has 0 bridgehead atoms. The normalized spacial score (nSPS) is 16.0. The molecule has 0 amide bonds. The van der Waals surface area contributed by atoms with E-state index in [1.165, 1.54) is 37.9 Å². The zero-order valence-electron chi connectivity index (χ0n) is 15.8. The Balaban J connectivity index is 2.09. The number of thiocarbonyl (C=S) groups is 1. The first-order valence-electron chi connectivity index (χ1n) is 9.11. The van der Waals surface area contributed by atoms with Gasteiger partial charge in [-0.05, 0) is 76.0 Å². The Morgan fingerprint density at radius 1 is 1.28 bits per heavy atom. The Kier molecular flexibility index (Phi) is 7.65. The fourth-order valence-electron chi connectivity index (χ4n) is 3.13. The number of quaternary nitrogens is 1. The molecule has 6 heteroatoms. The number of hydrogen-bond acceptors (Lipinski definition) is 3. The lowest BCUT2D eigenvalue weighted by Crippen LogP contribution is -3.11. The van der Waals surface area contributed by atoms with Crippen molar-refractivity contribution in [3.8, 4) is 5.75 Å². The van der Waals surface area contributed by atoms with E-state index < -0.39 is 0 Å². The monoisotopic (exact) mass is 363 g/mol. The summed E-state index contributed by atoms with van der Waals surface area (Å²) >= 11 is 5.22. The number of benzene rings is 1. The van der Waals surface area contributed by atoms with Crippen LogP contribution in [-0.2, 0) is 6.54 Å². The summed E-state index contributed by atoms with van der Waals surface area (Å²) in [6.45, 7) is 9.58. The van der Waals surface area contributed by atoms with Crippen LogP contribution >= 0.6 is 12.2 Å². The summed E-state index contributed by atoms with van der Waals surface area (Å²) in [5.74, 6) is 0.958. The van der Waals surface area contributed by atoms with Gasteiger partial charge in [0.1, 0.15) is 12.3 Å². The molecule has 1 fully saturated rings. The van der Waals surface area contributed by atoms with E-state index >= 15 is 0 Å². The highest BCUT2D eigenvalue weighted by molar-refractivity contribution is 7.80. The number of nitrogens with zero attached hydrogens (tertiary/aromatic N) is 1. The minimum Gasteiger partial charge on any atom is -0.496 e. The first-order valence-corrected chi connectivity index (χ1v) is 9.52. The third kappa shape index (κ3) is 6.29. The maximum atomic E-state index is 5.56. The molecular formula is C19H31N4OS+. The van der Waals surface area contributed by atoms with E-state index in [1.807, 2.05) is 32.9 Å². The number of rotatable bonds is 6. The zero-order valence-corrected chi connectivity index (χ0v) is 16.6. The van der Waals surface area contributed by atoms with Crippen LogP contribution in [0.3, 0.4) is 0 Å². The number of likely N-dealkylation sites (tertiary alicyclic amines) is 1. The van der Waals surface area contributed by atoms with Crippen molar-refractivity contribution in [1.82, 2.24) is 10.7 Å². The Hall–Kier alpha value is -1.66. The van der Waals surface area contributed by atoms with Gasteiger partial charge in [0.05, 0.1) is 25.9 Å². The van der Waals surface area contributed by atoms with Gasteiger partial charge in [0.2, 0.25) is 0 Å². The van der Waals surface area contributed by atoms with Crippen LogP contribution < -0.4 is 20.4 Å². The summed E-state index contributed by atoms with van der Waals surface area (Å²) in [4.78, 5) is 1.64. The van der Waals surface area contributed by atoms with Crippen LogP contribution in [0.25, 0.3) is 0 Å². The van der Waals surface area contributed by atoms with Crippen molar-refractivity contribution in [1.29, 1.82) is 0 Å². The SMILES string of the molecule is COc1ccc(/C(C)=N\NC(=S)NC(C)C)cc1C[NH+]1CCCCC1. The van der Waals surface area contributed by atoms with Crippen molar-refractivity contribution in [2.45, 2.75) is 52.6 Å². The highest BCUT2D eigenvalue weighted by Crippen LogP contribution is 2.20. The lowest BCUT2D eigenvalue weighted by atomic mass is 10.0. The van der Waals surface area contributed by atoms with Crippen molar-refractivity contribution in [2.24, 2.45) is 5.10 Å². The second kappa shape index (κ2) is 9.73. The number of piperidine rings is 1. The zero-order chi connectivity index (χ0) is 18.2. The van der Waals surface area contributed by atoms with Crippen LogP contribution in [0.4, 0.5) is 0 Å². The maximum absolute atomic E-state index is 5.56. The third-order valence-electron chi connectivity index (χ3n) is 4.44. The molecule has 0 unspecified atom stereocenters. The molecule has 25 heavy (non-hydrogen) atoms. The summed E-state index contributed by atoms with van der Waals surface area (Å²) in [5, 5.41) is 8.07. The van der Waals surface area contributed by atoms with Gasteiger partial charge in [0, 0.05) is 11.6 Å². The van der Waals surface area contributed by atoms with Gasteiger partial charge < -0.3 is 15.0 Å². The summed E-state index contributed by atoms with van der Waals surface area (Å²) in [6.07, 6.45) is 4.01. The molecule has 0 radical (unpaired) electrons. The molecule has 0 aromatic heterocycles. The van der Waals surface area contributed by atoms with Crippen LogP contribution in [0.15, 0.2) is 23.3 Å². The van der Waals surface area contributed by atoms with Crippen LogP contribution in [0.1, 0.15) is 51.2 Å². The molecule has 3 N–H and O–H groups in total. The highest BCUT2D eigenvalue weighted by Gasteiger charge is 2.17. The maximum Gasteiger partial charge on any atom is 0.187 e. The Morgan fingerprint density at radius 2 is 2.00 bits per heavy atom. The third-order valence-corrected chi connectivity index (χ3v) is 4.65. The smallest absolute Gasteiger partial charge is 0.187 e. The van der Waals surface area contributed by atoms with Gasteiger partial charge >= 0.3 is 0 Å². The molecular weight excluding hydrogens is 332 g/mol. The number of hydrogen-bond donors (Lipinski definition) is 3. The van der Waals surface area contributed by atoms with E-state index in [9.17, 15) is 0 Å². The van der Waals surface area contributed by atoms with Gasteiger partial charge in [-0.2, -0.15) is 5.10 Å². The fraction of sp³-hybridized carbons (Fsp3) is 0.579. The molecule has 1 aromatic rings. The summed E-state index contributed by atoms with van der Waals surface area (Å²) < 4.78 is 5.56. The van der Waals surface area contributed by atoms with Crippen molar-refractivity contribution in [3.05, 3.63) is 29.3 Å². The highest BCUT2D eigenvalue weighted by atomic mass is 32.1. The lowest BCUT2D eigenvalue weighted by molar-refractivity contribution is -0.918. The summed E-state index contributed by atoms with van der Waals surface area (Å²) in [7, 11) is 1.74. The van der Waals surface area contributed by atoms with E-state index in [1.54, 1.807) is 12.0 Å². The fourth-order valence-corrected chi connectivity index (χ4v) is 3.41. The van der Waals surface area contributed by atoms with Crippen molar-refractivity contribution in [3.63, 3.8) is 0 Å². The molecule has 138 valence electrons. The van der Waals surface area contributed by atoms with E-state index in [0.29, 0.717) is 5.11 Å². The largest absolute Gasteiger partial charge is 0.496 e. The lowest BCUT2D eigenvalue weighted by Gasteiger charge is -2.24. The summed E-state index contributed by atoms with van der Waals surface area (Å²) in [6, 6.07) is 6.57. The van der Waals surface area contributed by atoms with Gasteiger partial charge in [-0.1, -0.05) is 0 Å². The van der Waals surface area contributed by atoms with Gasteiger partial charge in [-0.3, -0.25) is 5.43 Å². The summed E-state index contributed by atoms with van der Waals surface area (Å²) in [5.41, 5.74) is 6.16. The van der Waals surface area contributed by atoms with Crippen LogP contribution in [0, 0.1) is 0 Å². The molecule has 0 aliphatic carbocycles. The first kappa shape index (κ1) is 19.7. The van der Waals surface area contributed by atoms with E-state index in [2.05, 4.69) is 21.9 Å². The van der Waals surface area contributed by atoms with Crippen molar-refractivity contribution < 1.29 is 9.64 Å². The number of ether oxygens (including phenoxy) is 1. The molecule has 0 atom stereocenters.